The minimum atomic E-state index is -0.220. The monoisotopic (exact) mass is 489 g/mol. The Bertz CT molecular complexity index is 1250. The number of imidazole rings is 1. The van der Waals surface area contributed by atoms with Crippen molar-refractivity contribution in [2.24, 2.45) is 7.05 Å². The molecule has 9 nitrogen and oxygen atoms in total. The maximum Gasteiger partial charge on any atom is 0.274 e. The highest BCUT2D eigenvalue weighted by molar-refractivity contribution is 5.95. The van der Waals surface area contributed by atoms with Crippen LogP contribution < -0.4 is 10.6 Å². The van der Waals surface area contributed by atoms with E-state index in [-0.39, 0.29) is 23.5 Å². The molecule has 0 fully saturated rings. The topological polar surface area (TPSA) is 117 Å². The summed E-state index contributed by atoms with van der Waals surface area (Å²) in [4.78, 5) is 44.0. The van der Waals surface area contributed by atoms with E-state index in [1.165, 1.54) is 0 Å². The quantitative estimate of drug-likeness (QED) is 0.486. The molecule has 4 rings (SSSR count). The zero-order valence-corrected chi connectivity index (χ0v) is 20.4. The van der Waals surface area contributed by atoms with Crippen LogP contribution in [0.25, 0.3) is 11.1 Å². The normalized spacial score (nSPS) is 15.8. The van der Waals surface area contributed by atoms with Crippen molar-refractivity contribution >= 4 is 17.7 Å². The molecular formula is C27H31N5O4. The molecule has 1 aromatic heterocycles. The van der Waals surface area contributed by atoms with Crippen molar-refractivity contribution in [3.05, 3.63) is 71.8 Å². The molecule has 1 aliphatic heterocycles. The molecule has 4 bridgehead atoms. The number of benzene rings is 2. The average molecular weight is 490 g/mol. The first kappa shape index (κ1) is 25.0. The van der Waals surface area contributed by atoms with Crippen LogP contribution in [0.4, 0.5) is 0 Å². The minimum absolute atomic E-state index is 0.0721. The summed E-state index contributed by atoms with van der Waals surface area (Å²) in [5.74, 6) is -0.358. The lowest BCUT2D eigenvalue weighted by Gasteiger charge is -2.22. The summed E-state index contributed by atoms with van der Waals surface area (Å²) in [6.07, 6.45) is 5.23. The van der Waals surface area contributed by atoms with Gasteiger partial charge in [-0.3, -0.25) is 14.4 Å². The van der Waals surface area contributed by atoms with E-state index in [0.29, 0.717) is 68.7 Å². The van der Waals surface area contributed by atoms with Gasteiger partial charge in [0.1, 0.15) is 11.4 Å². The maximum absolute atomic E-state index is 13.0. The van der Waals surface area contributed by atoms with Gasteiger partial charge in [0.25, 0.3) is 11.8 Å². The fourth-order valence-electron chi connectivity index (χ4n) is 4.24. The van der Waals surface area contributed by atoms with Gasteiger partial charge in [0, 0.05) is 57.0 Å². The number of phenolic OH excluding ortho intramolecular Hbond substituents is 1. The second-order valence-corrected chi connectivity index (χ2v) is 8.96. The lowest BCUT2D eigenvalue weighted by Crippen LogP contribution is -2.36. The Morgan fingerprint density at radius 2 is 1.78 bits per heavy atom. The molecule has 0 saturated carbocycles. The van der Waals surface area contributed by atoms with E-state index in [4.69, 9.17) is 0 Å². The molecule has 0 spiro atoms. The van der Waals surface area contributed by atoms with Crippen molar-refractivity contribution in [1.29, 1.82) is 0 Å². The Balaban J connectivity index is 1.53. The second kappa shape index (κ2) is 11.5. The summed E-state index contributed by atoms with van der Waals surface area (Å²) in [6, 6.07) is 12.5. The highest BCUT2D eigenvalue weighted by atomic mass is 16.3. The number of nitrogens with one attached hydrogen (secondary N) is 2. The molecule has 188 valence electrons. The van der Waals surface area contributed by atoms with Crippen molar-refractivity contribution in [3.8, 4) is 16.9 Å². The average Bonchev–Trinajstić information content (AvgIpc) is 3.31. The van der Waals surface area contributed by atoms with Crippen molar-refractivity contribution in [3.63, 3.8) is 0 Å². The number of aryl methyl sites for hydroxylation is 1. The van der Waals surface area contributed by atoms with E-state index in [2.05, 4.69) is 15.6 Å². The predicted molar refractivity (Wildman–Crippen MR) is 136 cm³/mol. The van der Waals surface area contributed by atoms with E-state index in [9.17, 15) is 19.5 Å². The maximum atomic E-state index is 13.0. The van der Waals surface area contributed by atoms with E-state index in [1.807, 2.05) is 18.2 Å². The summed E-state index contributed by atoms with van der Waals surface area (Å²) in [7, 11) is 1.80. The van der Waals surface area contributed by atoms with Gasteiger partial charge in [0.2, 0.25) is 5.91 Å². The number of carbonyl (C=O) groups excluding carboxylic acids is 3. The van der Waals surface area contributed by atoms with Gasteiger partial charge in [-0.2, -0.15) is 0 Å². The summed E-state index contributed by atoms with van der Waals surface area (Å²) in [5.41, 5.74) is 3.17. The van der Waals surface area contributed by atoms with Gasteiger partial charge in [-0.1, -0.05) is 18.2 Å². The molecule has 3 N–H and O–H groups in total. The number of fused-ring (bicyclic) bond motifs is 5. The van der Waals surface area contributed by atoms with Crippen LogP contribution >= 0.6 is 0 Å². The van der Waals surface area contributed by atoms with Crippen LogP contribution in [0.1, 0.15) is 45.7 Å². The number of hydrogen-bond acceptors (Lipinski definition) is 5. The lowest BCUT2D eigenvalue weighted by molar-refractivity contribution is -0.121. The molecule has 3 amide bonds. The summed E-state index contributed by atoms with van der Waals surface area (Å²) in [5, 5.41) is 16.3. The van der Waals surface area contributed by atoms with Crippen molar-refractivity contribution < 1.29 is 19.5 Å². The van der Waals surface area contributed by atoms with E-state index in [0.717, 1.165) is 11.1 Å². The third-order valence-electron chi connectivity index (χ3n) is 6.17. The number of aromatic hydroxyl groups is 1. The molecule has 0 aliphatic carbocycles. The number of phenols is 1. The molecule has 0 unspecified atom stereocenters. The molecule has 36 heavy (non-hydrogen) atoms. The Morgan fingerprint density at radius 1 is 0.972 bits per heavy atom. The van der Waals surface area contributed by atoms with Crippen LogP contribution in [0.5, 0.6) is 5.75 Å². The largest absolute Gasteiger partial charge is 0.507 e. The van der Waals surface area contributed by atoms with Gasteiger partial charge < -0.3 is 25.2 Å². The SMILES string of the molecule is Cn1cnc(C(=O)N2CCCNC(=O)c3cccc(c3)-c3cc(ccc3O)CCNC(=O)CCC2)c1. The molecule has 3 aromatic rings. The molecule has 0 atom stereocenters. The van der Waals surface area contributed by atoms with Crippen LogP contribution in [-0.4, -0.2) is 63.5 Å². The molecule has 0 radical (unpaired) electrons. The van der Waals surface area contributed by atoms with Gasteiger partial charge in [-0.05, 0) is 54.7 Å². The van der Waals surface area contributed by atoms with Crippen molar-refractivity contribution in [2.75, 3.05) is 26.2 Å². The van der Waals surface area contributed by atoms with Gasteiger partial charge in [-0.15, -0.1) is 0 Å². The molecule has 0 saturated heterocycles. The van der Waals surface area contributed by atoms with Crippen molar-refractivity contribution in [2.45, 2.75) is 25.7 Å². The highest BCUT2D eigenvalue weighted by Crippen LogP contribution is 2.30. The molecular weight excluding hydrogens is 458 g/mol. The summed E-state index contributed by atoms with van der Waals surface area (Å²) < 4.78 is 1.72. The molecule has 9 heteroatoms. The summed E-state index contributed by atoms with van der Waals surface area (Å²) in [6.45, 7) is 1.69. The highest BCUT2D eigenvalue weighted by Gasteiger charge is 2.18. The number of amides is 3. The second-order valence-electron chi connectivity index (χ2n) is 8.96. The summed E-state index contributed by atoms with van der Waals surface area (Å²) >= 11 is 0. The molecule has 2 aromatic carbocycles. The Labute approximate surface area is 210 Å². The Kier molecular flexibility index (Phi) is 7.99. The smallest absolute Gasteiger partial charge is 0.274 e. The number of rotatable bonds is 1. The van der Waals surface area contributed by atoms with E-state index in [1.54, 1.807) is 53.3 Å². The standard InChI is InChI=1S/C27H31N5O4/c1-31-17-23(30-18-31)27(36)32-13-3-7-25(34)28-12-10-19-8-9-24(33)22(15-19)20-5-2-6-21(16-20)26(35)29-11-4-14-32/h2,5-6,8-9,15-18,33H,3-4,7,10-14H2,1H3,(H,28,34)(H,29,35). The predicted octanol–water partition coefficient (Wildman–Crippen LogP) is 2.51. The first-order valence-corrected chi connectivity index (χ1v) is 12.1. The number of nitrogens with zero attached hydrogens (tertiary/aromatic N) is 3. The van der Waals surface area contributed by atoms with Gasteiger partial charge in [-0.25, -0.2) is 4.98 Å². The minimum Gasteiger partial charge on any atom is -0.507 e. The third kappa shape index (κ3) is 6.29. The fraction of sp³-hybridized carbons (Fsp3) is 0.333. The number of hydrogen-bond donors (Lipinski definition) is 3. The van der Waals surface area contributed by atoms with E-state index < -0.39 is 0 Å². The molecule has 2 heterocycles. The zero-order chi connectivity index (χ0) is 25.5. The van der Waals surface area contributed by atoms with Crippen LogP contribution in [0.15, 0.2) is 55.0 Å². The van der Waals surface area contributed by atoms with Crippen LogP contribution in [0.2, 0.25) is 0 Å². The van der Waals surface area contributed by atoms with Crippen LogP contribution in [-0.2, 0) is 18.3 Å². The van der Waals surface area contributed by atoms with Gasteiger partial charge >= 0.3 is 0 Å². The Hall–Kier alpha value is -4.14. The van der Waals surface area contributed by atoms with E-state index >= 15 is 0 Å². The Morgan fingerprint density at radius 3 is 2.58 bits per heavy atom. The zero-order valence-electron chi connectivity index (χ0n) is 20.4. The van der Waals surface area contributed by atoms with Crippen LogP contribution in [0, 0.1) is 0 Å². The third-order valence-corrected chi connectivity index (χ3v) is 6.17. The molecule has 1 aliphatic rings. The van der Waals surface area contributed by atoms with Crippen LogP contribution in [0.3, 0.4) is 0 Å². The number of carbonyl (C=O) groups is 3. The first-order valence-electron chi connectivity index (χ1n) is 12.1. The first-order chi connectivity index (χ1) is 17.4. The van der Waals surface area contributed by atoms with Gasteiger partial charge in [0.15, 0.2) is 0 Å². The van der Waals surface area contributed by atoms with Crippen molar-refractivity contribution in [1.82, 2.24) is 25.1 Å². The fourth-order valence-corrected chi connectivity index (χ4v) is 4.24. The van der Waals surface area contributed by atoms with Gasteiger partial charge in [0.05, 0.1) is 6.33 Å². The lowest BCUT2D eigenvalue weighted by atomic mass is 9.98. The number of aromatic nitrogens is 2.